The number of aliphatic hydroxyl groups is 1. The molecule has 19 heteroatoms. The van der Waals surface area contributed by atoms with E-state index in [1.807, 2.05) is 4.72 Å². The second-order valence-electron chi connectivity index (χ2n) is 9.79. The first kappa shape index (κ1) is 37.3. The number of anilines is 1. The van der Waals surface area contributed by atoms with E-state index in [1.54, 1.807) is 13.8 Å². The highest BCUT2D eigenvalue weighted by molar-refractivity contribution is 7.92. The zero-order chi connectivity index (χ0) is 35.4. The number of sulfonamides is 1. The molecule has 1 unspecified atom stereocenters. The summed E-state index contributed by atoms with van der Waals surface area (Å²) in [6.07, 6.45) is -5.29. The summed E-state index contributed by atoms with van der Waals surface area (Å²) >= 11 is 11.2. The molecule has 4 aromatic rings. The van der Waals surface area contributed by atoms with Crippen molar-refractivity contribution in [1.29, 1.82) is 0 Å². The Kier molecular flexibility index (Phi) is 11.3. The molecule has 0 amide bonds. The van der Waals surface area contributed by atoms with E-state index in [9.17, 15) is 50.0 Å². The van der Waals surface area contributed by atoms with Crippen molar-refractivity contribution < 1.29 is 49.5 Å². The third-order valence-electron chi connectivity index (χ3n) is 6.33. The SMILES string of the molecule is CC(C)C(O)(c1ccc(OC(F)(F)F)cc1)c1cncnc1.O=[N+]([O-])c1ccc(NS(=O)(=O)c2ccc(Cl)c(C(F)(F)F)c2)c(Cl)c1. The molecule has 1 heterocycles. The first-order chi connectivity index (χ1) is 21.6. The predicted molar refractivity (Wildman–Crippen MR) is 158 cm³/mol. The summed E-state index contributed by atoms with van der Waals surface area (Å²) < 4.78 is 105. The number of aromatic nitrogens is 2. The summed E-state index contributed by atoms with van der Waals surface area (Å²) in [5.41, 5.74) is -2.42. The number of non-ortho nitro benzene ring substituents is 1. The van der Waals surface area contributed by atoms with Crippen LogP contribution in [0.5, 0.6) is 5.75 Å². The summed E-state index contributed by atoms with van der Waals surface area (Å²) in [4.78, 5) is 17.0. The minimum Gasteiger partial charge on any atom is -0.406 e. The van der Waals surface area contributed by atoms with Crippen LogP contribution in [0.2, 0.25) is 10.0 Å². The average molecular weight is 727 g/mol. The Morgan fingerprint density at radius 1 is 0.894 bits per heavy atom. The highest BCUT2D eigenvalue weighted by Crippen LogP contribution is 2.38. The van der Waals surface area contributed by atoms with Crippen LogP contribution in [-0.2, 0) is 21.8 Å². The number of nitro groups is 1. The number of rotatable bonds is 8. The second-order valence-corrected chi connectivity index (χ2v) is 12.3. The van der Waals surface area contributed by atoms with Gasteiger partial charge in [-0.2, -0.15) is 13.2 Å². The first-order valence-electron chi connectivity index (χ1n) is 12.8. The van der Waals surface area contributed by atoms with Crippen LogP contribution in [0.1, 0.15) is 30.5 Å². The lowest BCUT2D eigenvalue weighted by atomic mass is 9.79. The molecule has 1 aromatic heterocycles. The molecular weight excluding hydrogens is 705 g/mol. The summed E-state index contributed by atoms with van der Waals surface area (Å²) in [7, 11) is -4.43. The molecule has 0 fully saturated rings. The largest absolute Gasteiger partial charge is 0.573 e. The fourth-order valence-electron chi connectivity index (χ4n) is 4.03. The van der Waals surface area contributed by atoms with E-state index in [2.05, 4.69) is 14.7 Å². The number of hydrogen-bond acceptors (Lipinski definition) is 8. The average Bonchev–Trinajstić information content (AvgIpc) is 2.97. The number of alkyl halides is 6. The van der Waals surface area contributed by atoms with Crippen molar-refractivity contribution in [2.45, 2.75) is 36.9 Å². The maximum atomic E-state index is 12.8. The first-order valence-corrected chi connectivity index (χ1v) is 15.1. The van der Waals surface area contributed by atoms with Crippen molar-refractivity contribution in [3.8, 4) is 5.75 Å². The topological polar surface area (TPSA) is 145 Å². The van der Waals surface area contributed by atoms with Crippen molar-refractivity contribution in [3.05, 3.63) is 116 Å². The van der Waals surface area contributed by atoms with Crippen LogP contribution < -0.4 is 9.46 Å². The van der Waals surface area contributed by atoms with E-state index in [1.165, 1.54) is 43.0 Å². The number of benzene rings is 3. The molecule has 4 rings (SSSR count). The van der Waals surface area contributed by atoms with Crippen molar-refractivity contribution in [2.24, 2.45) is 5.92 Å². The molecule has 0 bridgehead atoms. The van der Waals surface area contributed by atoms with Crippen LogP contribution in [-0.4, -0.2) is 34.8 Å². The van der Waals surface area contributed by atoms with Crippen molar-refractivity contribution >= 4 is 44.6 Å². The summed E-state index contributed by atoms with van der Waals surface area (Å²) in [5.74, 6) is -0.584. The van der Waals surface area contributed by atoms with Crippen LogP contribution in [0.4, 0.5) is 37.7 Å². The molecular formula is C28H22Cl2F6N4O6S. The zero-order valence-corrected chi connectivity index (χ0v) is 26.2. The third-order valence-corrected chi connectivity index (χ3v) is 8.33. The van der Waals surface area contributed by atoms with E-state index in [0.717, 1.165) is 30.3 Å². The molecule has 0 aliphatic rings. The van der Waals surface area contributed by atoms with Gasteiger partial charge >= 0.3 is 12.5 Å². The maximum Gasteiger partial charge on any atom is 0.573 e. The summed E-state index contributed by atoms with van der Waals surface area (Å²) in [5, 5.41) is 20.7. The van der Waals surface area contributed by atoms with Gasteiger partial charge in [0.1, 0.15) is 17.7 Å². The van der Waals surface area contributed by atoms with E-state index in [4.69, 9.17) is 23.2 Å². The molecule has 0 spiro atoms. The number of nitrogens with one attached hydrogen (secondary N) is 1. The molecule has 0 saturated heterocycles. The minimum atomic E-state index is -4.84. The van der Waals surface area contributed by atoms with Crippen molar-refractivity contribution in [2.75, 3.05) is 4.72 Å². The molecule has 10 nitrogen and oxygen atoms in total. The van der Waals surface area contributed by atoms with Gasteiger partial charge in [0.15, 0.2) is 0 Å². The maximum absolute atomic E-state index is 12.8. The quantitative estimate of drug-likeness (QED) is 0.106. The van der Waals surface area contributed by atoms with Gasteiger partial charge in [-0.3, -0.25) is 14.8 Å². The molecule has 1 atom stereocenters. The Labute approximate surface area is 273 Å². The lowest BCUT2D eigenvalue weighted by Crippen LogP contribution is -2.33. The normalized spacial score (nSPS) is 13.3. The Morgan fingerprint density at radius 2 is 1.49 bits per heavy atom. The van der Waals surface area contributed by atoms with E-state index in [0.29, 0.717) is 17.2 Å². The smallest absolute Gasteiger partial charge is 0.406 e. The van der Waals surface area contributed by atoms with Crippen LogP contribution >= 0.6 is 23.2 Å². The molecule has 47 heavy (non-hydrogen) atoms. The minimum absolute atomic E-state index is 0.226. The van der Waals surface area contributed by atoms with Crippen LogP contribution in [0, 0.1) is 16.0 Å². The monoisotopic (exact) mass is 726 g/mol. The van der Waals surface area contributed by atoms with Gasteiger partial charge < -0.3 is 9.84 Å². The van der Waals surface area contributed by atoms with Gasteiger partial charge in [-0.25, -0.2) is 18.4 Å². The molecule has 0 radical (unpaired) electrons. The highest BCUT2D eigenvalue weighted by atomic mass is 35.5. The molecule has 252 valence electrons. The Morgan fingerprint density at radius 3 is 1.98 bits per heavy atom. The molecule has 0 aliphatic heterocycles. The fourth-order valence-corrected chi connectivity index (χ4v) is 5.64. The van der Waals surface area contributed by atoms with Crippen LogP contribution in [0.15, 0.2) is 84.3 Å². The van der Waals surface area contributed by atoms with Gasteiger partial charge in [0, 0.05) is 30.1 Å². The number of hydrogen-bond donors (Lipinski definition) is 2. The number of nitrogens with zero attached hydrogens (tertiary/aromatic N) is 3. The summed E-state index contributed by atoms with van der Waals surface area (Å²) in [6.45, 7) is 3.60. The Bertz CT molecular complexity index is 1830. The van der Waals surface area contributed by atoms with Gasteiger partial charge in [-0.15, -0.1) is 13.2 Å². The molecule has 0 saturated carbocycles. The number of halogens is 8. The third kappa shape index (κ3) is 9.43. The Balaban J connectivity index is 0.000000257. The van der Waals surface area contributed by atoms with Gasteiger partial charge in [0.05, 0.1) is 31.1 Å². The highest BCUT2D eigenvalue weighted by Gasteiger charge is 2.37. The van der Waals surface area contributed by atoms with Crippen molar-refractivity contribution in [1.82, 2.24) is 9.97 Å². The van der Waals surface area contributed by atoms with E-state index < -0.39 is 48.6 Å². The lowest BCUT2D eigenvalue weighted by molar-refractivity contribution is -0.384. The second kappa shape index (κ2) is 14.3. The van der Waals surface area contributed by atoms with Crippen LogP contribution in [0.25, 0.3) is 0 Å². The predicted octanol–water partition coefficient (Wildman–Crippen LogP) is 7.99. The molecule has 0 aliphatic carbocycles. The van der Waals surface area contributed by atoms with Gasteiger partial charge in [-0.1, -0.05) is 49.2 Å². The van der Waals surface area contributed by atoms with E-state index >= 15 is 0 Å². The van der Waals surface area contributed by atoms with Gasteiger partial charge in [-0.05, 0) is 47.9 Å². The van der Waals surface area contributed by atoms with Gasteiger partial charge in [0.25, 0.3) is 15.7 Å². The van der Waals surface area contributed by atoms with Crippen LogP contribution in [0.3, 0.4) is 0 Å². The fraction of sp³-hybridized carbons (Fsp3) is 0.214. The zero-order valence-electron chi connectivity index (χ0n) is 23.8. The Hall–Kier alpha value is -4.19. The number of nitro benzene ring substituents is 1. The summed E-state index contributed by atoms with van der Waals surface area (Å²) in [6, 6.07) is 10.1. The van der Waals surface area contributed by atoms with E-state index in [-0.39, 0.29) is 28.1 Å². The molecule has 3 aromatic carbocycles. The van der Waals surface area contributed by atoms with Gasteiger partial charge in [0.2, 0.25) is 0 Å². The molecule has 2 N–H and O–H groups in total. The number of ether oxygens (including phenoxy) is 1. The standard InChI is InChI=1S/C15H15F3N2O2.C13H7Cl2F3N2O4S/c1-10(2)14(21,12-7-19-9-20-8-12)11-3-5-13(6-4-11)22-15(16,17)18;14-10-3-2-8(6-9(10)13(16,17)18)25(23,24)19-12-4-1-7(20(21)22)5-11(12)15/h3-10,21H,1-2H3;1-6,19H. The lowest BCUT2D eigenvalue weighted by Gasteiger charge is -2.32. The van der Waals surface area contributed by atoms with Crippen molar-refractivity contribution in [3.63, 3.8) is 0 Å².